The van der Waals surface area contributed by atoms with E-state index in [0.717, 1.165) is 18.2 Å². The molecule has 3 nitrogen and oxygen atoms in total. The van der Waals surface area contributed by atoms with Crippen molar-refractivity contribution < 1.29 is 22.8 Å². The van der Waals surface area contributed by atoms with Gasteiger partial charge in [-0.1, -0.05) is 18.2 Å². The number of hydrogen-bond donors (Lipinski definition) is 0. The van der Waals surface area contributed by atoms with Crippen molar-refractivity contribution in [2.24, 2.45) is 0 Å². The first kappa shape index (κ1) is 17.0. The fourth-order valence-electron chi connectivity index (χ4n) is 2.01. The number of carbonyl (C=O) groups excluding carboxylic acids is 2. The molecular formula is C17H16F2O3Si. The molecule has 0 heterocycles. The van der Waals surface area contributed by atoms with E-state index in [4.69, 9.17) is 4.43 Å². The molecule has 0 N–H and O–H groups in total. The molecule has 0 aliphatic carbocycles. The summed E-state index contributed by atoms with van der Waals surface area (Å²) >= 11 is 0. The normalized spacial score (nSPS) is 11.2. The number of rotatable bonds is 4. The maximum Gasteiger partial charge on any atom is 0.325 e. The Labute approximate surface area is 134 Å². The first-order valence-electron chi connectivity index (χ1n) is 7.01. The Morgan fingerprint density at radius 1 is 0.913 bits per heavy atom. The molecule has 2 aromatic rings. The lowest BCUT2D eigenvalue weighted by atomic mass is 9.98. The van der Waals surface area contributed by atoms with Gasteiger partial charge in [-0.25, -0.2) is 13.6 Å². The van der Waals surface area contributed by atoms with Gasteiger partial charge in [0.15, 0.2) is 5.78 Å². The Morgan fingerprint density at radius 2 is 1.52 bits per heavy atom. The average Bonchev–Trinajstić information content (AvgIpc) is 2.47. The Morgan fingerprint density at radius 3 is 2.13 bits per heavy atom. The van der Waals surface area contributed by atoms with Crippen LogP contribution >= 0.6 is 0 Å². The second-order valence-corrected chi connectivity index (χ2v) is 10.4. The van der Waals surface area contributed by atoms with E-state index in [9.17, 15) is 18.4 Å². The van der Waals surface area contributed by atoms with Gasteiger partial charge in [-0.3, -0.25) is 4.79 Å². The van der Waals surface area contributed by atoms with Gasteiger partial charge in [-0.05, 0) is 43.9 Å². The van der Waals surface area contributed by atoms with Crippen LogP contribution in [0, 0.1) is 11.6 Å². The van der Waals surface area contributed by atoms with Gasteiger partial charge < -0.3 is 4.43 Å². The second kappa shape index (κ2) is 6.42. The topological polar surface area (TPSA) is 43.4 Å². The molecule has 0 atom stereocenters. The maximum atomic E-state index is 13.8. The van der Waals surface area contributed by atoms with Crippen LogP contribution < -0.4 is 0 Å². The van der Waals surface area contributed by atoms with Gasteiger partial charge in [-0.15, -0.1) is 0 Å². The number of carbonyl (C=O) groups is 2. The summed E-state index contributed by atoms with van der Waals surface area (Å²) in [5, 5.41) is 0. The summed E-state index contributed by atoms with van der Waals surface area (Å²) in [5.41, 5.74) is -0.387. The van der Waals surface area contributed by atoms with Crippen LogP contribution in [-0.2, 0) is 4.43 Å². The van der Waals surface area contributed by atoms with Crippen molar-refractivity contribution in [2.75, 3.05) is 0 Å². The van der Waals surface area contributed by atoms with Crippen molar-refractivity contribution >= 4 is 20.1 Å². The summed E-state index contributed by atoms with van der Waals surface area (Å²) in [5.74, 6) is -2.96. The van der Waals surface area contributed by atoms with E-state index in [0.29, 0.717) is 0 Å². The highest BCUT2D eigenvalue weighted by Crippen LogP contribution is 2.20. The molecule has 0 fully saturated rings. The molecule has 0 radical (unpaired) electrons. The largest absolute Gasteiger partial charge is 0.516 e. The number of benzene rings is 2. The van der Waals surface area contributed by atoms with Crippen LogP contribution in [0.5, 0.6) is 0 Å². The number of halogens is 2. The van der Waals surface area contributed by atoms with Gasteiger partial charge in [0.1, 0.15) is 11.6 Å². The molecule has 0 aliphatic heterocycles. The third kappa shape index (κ3) is 4.10. The zero-order valence-electron chi connectivity index (χ0n) is 13.0. The predicted octanol–water partition coefficient (Wildman–Crippen LogP) is 4.19. The lowest BCUT2D eigenvalue weighted by molar-refractivity contribution is 0.0720. The molecular weight excluding hydrogens is 318 g/mol. The van der Waals surface area contributed by atoms with Crippen LogP contribution in [-0.4, -0.2) is 20.1 Å². The molecule has 0 aliphatic rings. The summed E-state index contributed by atoms with van der Waals surface area (Å²) < 4.78 is 32.5. The summed E-state index contributed by atoms with van der Waals surface area (Å²) in [4.78, 5) is 24.8. The minimum absolute atomic E-state index is 0.0137. The first-order chi connectivity index (χ1) is 10.7. The van der Waals surface area contributed by atoms with Crippen LogP contribution in [0.1, 0.15) is 26.3 Å². The maximum absolute atomic E-state index is 13.8. The summed E-state index contributed by atoms with van der Waals surface area (Å²) in [6.45, 7) is 5.50. The zero-order valence-corrected chi connectivity index (χ0v) is 14.0. The molecule has 2 aromatic carbocycles. The lowest BCUT2D eigenvalue weighted by Gasteiger charge is -2.18. The van der Waals surface area contributed by atoms with Gasteiger partial charge in [0.05, 0.1) is 11.1 Å². The molecule has 0 amide bonds. The standard InChI is InChI=1S/C17H16F2O3Si/c1-23(2,3)22-17(21)13-7-5-4-6-12(13)16(20)14-10-11(18)8-9-15(14)19/h4-10H,1-3H3. The minimum atomic E-state index is -2.15. The third-order valence-electron chi connectivity index (χ3n) is 2.96. The van der Waals surface area contributed by atoms with Crippen molar-refractivity contribution in [2.45, 2.75) is 19.6 Å². The zero-order chi connectivity index (χ0) is 17.2. The van der Waals surface area contributed by atoms with Crippen molar-refractivity contribution in [3.8, 4) is 0 Å². The average molecular weight is 334 g/mol. The van der Waals surface area contributed by atoms with Gasteiger partial charge in [0.2, 0.25) is 8.32 Å². The van der Waals surface area contributed by atoms with Crippen LogP contribution in [0.2, 0.25) is 19.6 Å². The van der Waals surface area contributed by atoms with Gasteiger partial charge in [0, 0.05) is 5.56 Å². The summed E-state index contributed by atoms with van der Waals surface area (Å²) in [7, 11) is -2.15. The highest BCUT2D eigenvalue weighted by atomic mass is 28.4. The Bertz CT molecular complexity index is 767. The van der Waals surface area contributed by atoms with E-state index in [1.54, 1.807) is 12.1 Å². The van der Waals surface area contributed by atoms with Crippen molar-refractivity contribution in [1.82, 2.24) is 0 Å². The number of hydrogen-bond acceptors (Lipinski definition) is 3. The van der Waals surface area contributed by atoms with Crippen LogP contribution in [0.4, 0.5) is 8.78 Å². The Hall–Kier alpha value is -2.34. The Kier molecular flexibility index (Phi) is 4.75. The lowest BCUT2D eigenvalue weighted by Crippen LogP contribution is -2.30. The molecule has 0 bridgehead atoms. The molecule has 0 aromatic heterocycles. The van der Waals surface area contributed by atoms with E-state index in [-0.39, 0.29) is 11.1 Å². The fourth-order valence-corrected chi connectivity index (χ4v) is 2.67. The monoisotopic (exact) mass is 334 g/mol. The third-order valence-corrected chi connectivity index (χ3v) is 3.76. The van der Waals surface area contributed by atoms with E-state index in [2.05, 4.69) is 0 Å². The molecule has 120 valence electrons. The van der Waals surface area contributed by atoms with Crippen molar-refractivity contribution in [3.63, 3.8) is 0 Å². The van der Waals surface area contributed by atoms with Crippen LogP contribution in [0.15, 0.2) is 42.5 Å². The first-order valence-corrected chi connectivity index (χ1v) is 10.4. The molecule has 6 heteroatoms. The van der Waals surface area contributed by atoms with Gasteiger partial charge in [-0.2, -0.15) is 0 Å². The molecule has 0 saturated heterocycles. The molecule has 0 saturated carbocycles. The fraction of sp³-hybridized carbons (Fsp3) is 0.176. The van der Waals surface area contributed by atoms with Crippen molar-refractivity contribution in [3.05, 3.63) is 70.8 Å². The van der Waals surface area contributed by atoms with E-state index < -0.39 is 37.3 Å². The van der Waals surface area contributed by atoms with Crippen LogP contribution in [0.3, 0.4) is 0 Å². The van der Waals surface area contributed by atoms with Gasteiger partial charge >= 0.3 is 5.97 Å². The molecule has 0 spiro atoms. The molecule has 23 heavy (non-hydrogen) atoms. The van der Waals surface area contributed by atoms with E-state index in [1.165, 1.54) is 12.1 Å². The Balaban J connectivity index is 2.46. The van der Waals surface area contributed by atoms with E-state index in [1.807, 2.05) is 19.6 Å². The van der Waals surface area contributed by atoms with Crippen LogP contribution in [0.25, 0.3) is 0 Å². The summed E-state index contributed by atoms with van der Waals surface area (Å²) in [6, 6.07) is 8.59. The van der Waals surface area contributed by atoms with Crippen molar-refractivity contribution in [1.29, 1.82) is 0 Å². The highest BCUT2D eigenvalue weighted by Gasteiger charge is 2.25. The highest BCUT2D eigenvalue weighted by molar-refractivity contribution is 6.71. The second-order valence-electron chi connectivity index (χ2n) is 6.00. The quantitative estimate of drug-likeness (QED) is 0.622. The SMILES string of the molecule is C[Si](C)(C)OC(=O)c1ccccc1C(=O)c1cc(F)ccc1F. The van der Waals surface area contributed by atoms with Gasteiger partial charge in [0.25, 0.3) is 0 Å². The smallest absolute Gasteiger partial charge is 0.325 e. The molecule has 0 unspecified atom stereocenters. The minimum Gasteiger partial charge on any atom is -0.516 e. The predicted molar refractivity (Wildman–Crippen MR) is 85.0 cm³/mol. The van der Waals surface area contributed by atoms with E-state index >= 15 is 0 Å². The number of ketones is 1. The summed E-state index contributed by atoms with van der Waals surface area (Å²) in [6.07, 6.45) is 0. The molecule has 2 rings (SSSR count).